The fourth-order valence-electron chi connectivity index (χ4n) is 10.8. The van der Waals surface area contributed by atoms with Gasteiger partial charge in [-0.15, -0.1) is 0 Å². The molecule has 0 spiro atoms. The van der Waals surface area contributed by atoms with E-state index >= 15 is 0 Å². The van der Waals surface area contributed by atoms with Gasteiger partial charge < -0.3 is 33.8 Å². The Labute approximate surface area is 608 Å². The normalized spacial score (nSPS) is 14.3. The summed E-state index contributed by atoms with van der Waals surface area (Å²) in [6.07, 6.45) is 75.8. The summed E-state index contributed by atoms with van der Waals surface area (Å²) >= 11 is 0. The third kappa shape index (κ3) is 72.6. The number of allylic oxidation sites excluding steroid dienone is 14. The number of carbonyl (C=O) groups excluding carboxylic acids is 4. The number of carbonyl (C=O) groups is 4. The van der Waals surface area contributed by atoms with Crippen molar-refractivity contribution >= 4 is 39.5 Å². The number of esters is 4. The molecule has 0 fully saturated rings. The molecular formula is C81H144O17P2. The van der Waals surface area contributed by atoms with Crippen LogP contribution in [0.5, 0.6) is 0 Å². The maximum absolute atomic E-state index is 13.1. The van der Waals surface area contributed by atoms with Gasteiger partial charge in [-0.1, -0.05) is 325 Å². The second-order valence-corrected chi connectivity index (χ2v) is 29.5. The Morgan fingerprint density at radius 3 is 0.890 bits per heavy atom. The quantitative estimate of drug-likeness (QED) is 0.0169. The highest BCUT2D eigenvalue weighted by Crippen LogP contribution is 2.45. The smallest absolute Gasteiger partial charge is 0.462 e. The number of phosphoric ester groups is 2. The molecule has 100 heavy (non-hydrogen) atoms. The van der Waals surface area contributed by atoms with E-state index in [1.54, 1.807) is 0 Å². The Kier molecular flexibility index (Phi) is 70.8. The van der Waals surface area contributed by atoms with Crippen molar-refractivity contribution in [3.8, 4) is 0 Å². The highest BCUT2D eigenvalue weighted by molar-refractivity contribution is 7.47. The molecule has 0 amide bonds. The van der Waals surface area contributed by atoms with Crippen molar-refractivity contribution in [2.45, 2.75) is 367 Å². The standard InChI is InChI=1S/C81H144O17P2/c1-5-9-13-17-21-25-29-32-35-36-37-38-41-43-47-50-54-58-62-66-79(84)91-71-76(97-80(85)67-63-59-55-51-45-28-24-20-16-12-8-4)73-95-99(87,88)93-69-75(82)70-94-100(89,90)96-74-77(98-81(86)68-64-60-56-52-48-44-40-34-31-27-23-19-15-11-7-3)72-92-78(83)65-61-57-53-49-46-42-39-33-30-26-22-18-14-10-6-2/h9,13,20-21,24-25,32,35,37-38,43,47,54,58,75-77,82H,5-8,10-12,14-19,22-23,26-31,33-34,36,39-42,44-46,48-53,55-57,59-74H2,1-4H3,(H,87,88)(H,89,90)/b13-9-,24-20-,25-21-,35-32-,38-37-,47-43-,58-54-. The molecule has 0 bridgehead atoms. The summed E-state index contributed by atoms with van der Waals surface area (Å²) in [7, 11) is -9.96. The molecule has 0 rings (SSSR count). The van der Waals surface area contributed by atoms with E-state index in [1.807, 2.05) is 18.2 Å². The zero-order valence-electron chi connectivity index (χ0n) is 63.4. The Bertz CT molecular complexity index is 2230. The Morgan fingerprint density at radius 1 is 0.290 bits per heavy atom. The highest BCUT2D eigenvalue weighted by atomic mass is 31.2. The molecule has 19 heteroatoms. The number of aliphatic hydroxyl groups excluding tert-OH is 1. The molecule has 0 aromatic heterocycles. The zero-order valence-corrected chi connectivity index (χ0v) is 65.2. The lowest BCUT2D eigenvalue weighted by Gasteiger charge is -2.21. The number of phosphoric acid groups is 2. The molecule has 5 unspecified atom stereocenters. The first kappa shape index (κ1) is 96.2. The molecule has 0 heterocycles. The first-order valence-corrected chi connectivity index (χ1v) is 42.8. The number of ether oxygens (including phenoxy) is 4. The molecule has 0 aliphatic heterocycles. The minimum atomic E-state index is -4.99. The lowest BCUT2D eigenvalue weighted by molar-refractivity contribution is -0.161. The van der Waals surface area contributed by atoms with Gasteiger partial charge in [-0.2, -0.15) is 0 Å². The average molecular weight is 1450 g/mol. The zero-order chi connectivity index (χ0) is 73.2. The monoisotopic (exact) mass is 1450 g/mol. The van der Waals surface area contributed by atoms with Gasteiger partial charge >= 0.3 is 39.5 Å². The van der Waals surface area contributed by atoms with Crippen LogP contribution in [0, 0.1) is 0 Å². The van der Waals surface area contributed by atoms with Gasteiger partial charge in [0, 0.05) is 25.7 Å². The van der Waals surface area contributed by atoms with E-state index in [2.05, 4.69) is 94.5 Å². The third-order valence-electron chi connectivity index (χ3n) is 16.9. The Balaban J connectivity index is 5.35. The SMILES string of the molecule is CC/C=C\C/C=C\C/C=C\C/C=C\C/C=C\C/C=C\CCC(=O)OCC(COP(=O)(O)OCC(O)COP(=O)(O)OCC(COC(=O)CCCCCCCCCCCCCCCCC)OC(=O)CCCCCCCCCCCCCCCCC)OC(=O)CCCCCCC/C=C\CCCC. The molecule has 580 valence electrons. The summed E-state index contributed by atoms with van der Waals surface area (Å²) in [4.78, 5) is 72.9. The third-order valence-corrected chi connectivity index (χ3v) is 18.8. The Hall–Kier alpha value is -3.76. The maximum atomic E-state index is 13.1. The van der Waals surface area contributed by atoms with Gasteiger partial charge in [-0.3, -0.25) is 37.3 Å². The first-order chi connectivity index (χ1) is 48.7. The fourth-order valence-corrected chi connectivity index (χ4v) is 12.4. The molecule has 5 atom stereocenters. The summed E-state index contributed by atoms with van der Waals surface area (Å²) < 4.78 is 68.5. The minimum absolute atomic E-state index is 0.0360. The number of hydrogen-bond donors (Lipinski definition) is 3. The van der Waals surface area contributed by atoms with Crippen LogP contribution in [-0.2, 0) is 65.4 Å². The van der Waals surface area contributed by atoms with Crippen LogP contribution in [-0.4, -0.2) is 96.7 Å². The number of aliphatic hydroxyl groups is 1. The minimum Gasteiger partial charge on any atom is -0.462 e. The van der Waals surface area contributed by atoms with Crippen LogP contribution in [0.15, 0.2) is 85.1 Å². The predicted octanol–water partition coefficient (Wildman–Crippen LogP) is 23.0. The first-order valence-electron chi connectivity index (χ1n) is 39.8. The van der Waals surface area contributed by atoms with Gasteiger partial charge in [-0.25, -0.2) is 9.13 Å². The summed E-state index contributed by atoms with van der Waals surface area (Å²) in [6.45, 7) is 4.69. The molecule has 0 aromatic carbocycles. The van der Waals surface area contributed by atoms with E-state index < -0.39 is 97.5 Å². The van der Waals surface area contributed by atoms with Crippen molar-refractivity contribution in [2.24, 2.45) is 0 Å². The van der Waals surface area contributed by atoms with Crippen molar-refractivity contribution in [1.29, 1.82) is 0 Å². The van der Waals surface area contributed by atoms with Crippen molar-refractivity contribution in [1.82, 2.24) is 0 Å². The fraction of sp³-hybridized carbons (Fsp3) is 0.778. The molecule has 0 aromatic rings. The molecular weight excluding hydrogens is 1310 g/mol. The van der Waals surface area contributed by atoms with E-state index in [9.17, 15) is 43.2 Å². The molecule has 0 radical (unpaired) electrons. The maximum Gasteiger partial charge on any atom is 0.472 e. The number of rotatable bonds is 75. The van der Waals surface area contributed by atoms with E-state index in [0.717, 1.165) is 116 Å². The van der Waals surface area contributed by atoms with Crippen LogP contribution in [0.3, 0.4) is 0 Å². The van der Waals surface area contributed by atoms with E-state index in [4.69, 9.17) is 37.0 Å². The van der Waals surface area contributed by atoms with Gasteiger partial charge in [0.1, 0.15) is 19.3 Å². The predicted molar refractivity (Wildman–Crippen MR) is 409 cm³/mol. The van der Waals surface area contributed by atoms with Gasteiger partial charge in [-0.05, 0) is 83.5 Å². The van der Waals surface area contributed by atoms with Crippen molar-refractivity contribution in [2.75, 3.05) is 39.6 Å². The van der Waals surface area contributed by atoms with Crippen molar-refractivity contribution < 1.29 is 80.2 Å². The summed E-state index contributed by atoms with van der Waals surface area (Å²) in [5.74, 6) is -2.25. The second-order valence-electron chi connectivity index (χ2n) is 26.6. The van der Waals surface area contributed by atoms with E-state index in [0.29, 0.717) is 32.1 Å². The van der Waals surface area contributed by atoms with Crippen molar-refractivity contribution in [3.63, 3.8) is 0 Å². The lowest BCUT2D eigenvalue weighted by Crippen LogP contribution is -2.30. The highest BCUT2D eigenvalue weighted by Gasteiger charge is 2.30. The van der Waals surface area contributed by atoms with Crippen molar-refractivity contribution in [3.05, 3.63) is 85.1 Å². The van der Waals surface area contributed by atoms with Crippen LogP contribution in [0.4, 0.5) is 0 Å². The van der Waals surface area contributed by atoms with E-state index in [1.165, 1.54) is 148 Å². The number of unbranched alkanes of at least 4 members (excludes halogenated alkanes) is 35. The molecule has 0 aliphatic rings. The van der Waals surface area contributed by atoms with Crippen LogP contribution >= 0.6 is 15.6 Å². The van der Waals surface area contributed by atoms with Crippen LogP contribution < -0.4 is 0 Å². The number of hydrogen-bond acceptors (Lipinski definition) is 15. The largest absolute Gasteiger partial charge is 0.472 e. The van der Waals surface area contributed by atoms with Crippen LogP contribution in [0.1, 0.15) is 349 Å². The van der Waals surface area contributed by atoms with Gasteiger partial charge in [0.2, 0.25) is 0 Å². The summed E-state index contributed by atoms with van der Waals surface area (Å²) in [6, 6.07) is 0. The second kappa shape index (κ2) is 73.5. The van der Waals surface area contributed by atoms with Crippen LogP contribution in [0.2, 0.25) is 0 Å². The lowest BCUT2D eigenvalue weighted by atomic mass is 10.0. The summed E-state index contributed by atoms with van der Waals surface area (Å²) in [5.41, 5.74) is 0. The Morgan fingerprint density at radius 2 is 0.550 bits per heavy atom. The molecule has 3 N–H and O–H groups in total. The van der Waals surface area contributed by atoms with Gasteiger partial charge in [0.25, 0.3) is 0 Å². The van der Waals surface area contributed by atoms with E-state index in [-0.39, 0.29) is 25.7 Å². The topological polar surface area (TPSA) is 237 Å². The molecule has 0 aliphatic carbocycles. The average Bonchev–Trinajstić information content (AvgIpc) is 0.953. The van der Waals surface area contributed by atoms with Crippen LogP contribution in [0.25, 0.3) is 0 Å². The molecule has 0 saturated carbocycles. The van der Waals surface area contributed by atoms with Gasteiger partial charge in [0.15, 0.2) is 12.2 Å². The summed E-state index contributed by atoms with van der Waals surface area (Å²) in [5, 5.41) is 10.6. The molecule has 17 nitrogen and oxygen atoms in total. The molecule has 0 saturated heterocycles. The van der Waals surface area contributed by atoms with Gasteiger partial charge in [0.05, 0.1) is 26.4 Å².